The second kappa shape index (κ2) is 9.95. The molecule has 0 N–H and O–H groups in total. The van der Waals surface area contributed by atoms with Crippen LogP contribution in [0, 0.1) is 6.92 Å². The molecule has 6 rings (SSSR count). The predicted octanol–water partition coefficient (Wildman–Crippen LogP) is 5.05. The minimum absolute atomic E-state index is 0.00526. The fourth-order valence-electron chi connectivity index (χ4n) is 4.88. The molecule has 8 heteroatoms. The zero-order valence-electron chi connectivity index (χ0n) is 20.3. The molecule has 0 saturated carbocycles. The lowest BCUT2D eigenvalue weighted by Gasteiger charge is -2.21. The summed E-state index contributed by atoms with van der Waals surface area (Å²) in [4.78, 5) is 15.1. The molecule has 2 aliphatic heterocycles. The van der Waals surface area contributed by atoms with Crippen LogP contribution >= 0.6 is 11.3 Å². The molecule has 4 heterocycles. The lowest BCUT2D eigenvalue weighted by Crippen LogP contribution is -2.33. The van der Waals surface area contributed by atoms with Gasteiger partial charge in [0.15, 0.2) is 11.5 Å². The second-order valence-corrected chi connectivity index (χ2v) is 10.3. The van der Waals surface area contributed by atoms with Crippen LogP contribution in [0.4, 0.5) is 0 Å². The molecule has 0 radical (unpaired) electrons. The topological polar surface area (TPSA) is 65.8 Å². The molecule has 0 aliphatic carbocycles. The standard InChI is InChI=1S/C28H29N3O4S/c1-19-6-9-31(29-19)10-7-27(32)30-11-13-34-28-21(16-30)14-20(15-25(28)35-22-8-12-33-17-22)24-18-36-26-5-3-2-4-23(24)26/h2-6,9,14-15,18,22H,7-8,10-13,16-17H2,1H3/t22-/m1/s1. The summed E-state index contributed by atoms with van der Waals surface area (Å²) in [5.41, 5.74) is 4.16. The molecule has 0 spiro atoms. The Bertz CT molecular complexity index is 1390. The van der Waals surface area contributed by atoms with Gasteiger partial charge in [-0.15, -0.1) is 11.3 Å². The Morgan fingerprint density at radius 2 is 2.14 bits per heavy atom. The fraction of sp³-hybridized carbons (Fsp3) is 0.357. The van der Waals surface area contributed by atoms with Crippen LogP contribution in [0.2, 0.25) is 0 Å². The Hall–Kier alpha value is -3.36. The van der Waals surface area contributed by atoms with E-state index in [4.69, 9.17) is 14.2 Å². The van der Waals surface area contributed by atoms with E-state index in [1.165, 1.54) is 15.6 Å². The van der Waals surface area contributed by atoms with Crippen molar-refractivity contribution < 1.29 is 19.0 Å². The van der Waals surface area contributed by atoms with E-state index in [0.717, 1.165) is 34.7 Å². The highest BCUT2D eigenvalue weighted by molar-refractivity contribution is 7.17. The Balaban J connectivity index is 1.32. The smallest absolute Gasteiger partial charge is 0.224 e. The number of aromatic nitrogens is 2. The van der Waals surface area contributed by atoms with Crippen LogP contribution in [-0.2, 0) is 22.6 Å². The zero-order chi connectivity index (χ0) is 24.5. The van der Waals surface area contributed by atoms with E-state index >= 15 is 0 Å². The second-order valence-electron chi connectivity index (χ2n) is 9.35. The van der Waals surface area contributed by atoms with E-state index in [1.54, 1.807) is 11.3 Å². The maximum Gasteiger partial charge on any atom is 0.224 e. The first-order valence-corrected chi connectivity index (χ1v) is 13.3. The summed E-state index contributed by atoms with van der Waals surface area (Å²) in [6.45, 7) is 5.26. The van der Waals surface area contributed by atoms with Gasteiger partial charge < -0.3 is 19.1 Å². The van der Waals surface area contributed by atoms with E-state index in [9.17, 15) is 4.79 Å². The normalized spacial score (nSPS) is 17.6. The molecule has 1 saturated heterocycles. The summed E-state index contributed by atoms with van der Waals surface area (Å²) < 4.78 is 21.3. The first-order chi connectivity index (χ1) is 17.6. The monoisotopic (exact) mass is 503 g/mol. The number of carbonyl (C=O) groups excluding carboxylic acids is 1. The van der Waals surface area contributed by atoms with Gasteiger partial charge in [0.1, 0.15) is 12.7 Å². The van der Waals surface area contributed by atoms with Crippen molar-refractivity contribution in [2.24, 2.45) is 0 Å². The first-order valence-electron chi connectivity index (χ1n) is 12.4. The minimum Gasteiger partial charge on any atom is -0.487 e. The van der Waals surface area contributed by atoms with Crippen LogP contribution in [0.25, 0.3) is 21.2 Å². The van der Waals surface area contributed by atoms with E-state index < -0.39 is 0 Å². The predicted molar refractivity (Wildman–Crippen MR) is 140 cm³/mol. The first kappa shape index (κ1) is 23.1. The Morgan fingerprint density at radius 3 is 2.97 bits per heavy atom. The number of fused-ring (bicyclic) bond motifs is 2. The average Bonchev–Trinajstić information content (AvgIpc) is 3.61. The number of carbonyl (C=O) groups is 1. The number of rotatable bonds is 6. The summed E-state index contributed by atoms with van der Waals surface area (Å²) in [6.07, 6.45) is 3.18. The highest BCUT2D eigenvalue weighted by Gasteiger charge is 2.26. The number of amides is 1. The van der Waals surface area contributed by atoms with Gasteiger partial charge in [-0.05, 0) is 42.1 Å². The third-order valence-corrected chi connectivity index (χ3v) is 7.72. The van der Waals surface area contributed by atoms with Crippen molar-refractivity contribution in [3.05, 3.63) is 65.3 Å². The SMILES string of the molecule is Cc1ccn(CCC(=O)N2CCOc3c(cc(-c4csc5ccccc45)cc3O[C@@H]3CCOC3)C2)n1. The van der Waals surface area contributed by atoms with Gasteiger partial charge in [-0.1, -0.05) is 18.2 Å². The molecule has 2 aromatic heterocycles. The number of hydrogen-bond acceptors (Lipinski definition) is 6. The highest BCUT2D eigenvalue weighted by Crippen LogP contribution is 2.42. The number of hydrogen-bond donors (Lipinski definition) is 0. The molecule has 2 aromatic carbocycles. The maximum atomic E-state index is 13.2. The third kappa shape index (κ3) is 4.70. The lowest BCUT2D eigenvalue weighted by molar-refractivity contribution is -0.132. The summed E-state index contributed by atoms with van der Waals surface area (Å²) in [5.74, 6) is 1.57. The number of nitrogens with zero attached hydrogens (tertiary/aromatic N) is 3. The zero-order valence-corrected chi connectivity index (χ0v) is 21.1. The molecule has 0 bridgehead atoms. The third-order valence-electron chi connectivity index (χ3n) is 6.76. The van der Waals surface area contributed by atoms with Gasteiger partial charge in [-0.25, -0.2) is 0 Å². The quantitative estimate of drug-likeness (QED) is 0.368. The van der Waals surface area contributed by atoms with E-state index in [0.29, 0.717) is 45.9 Å². The van der Waals surface area contributed by atoms with E-state index in [1.807, 2.05) is 28.8 Å². The van der Waals surface area contributed by atoms with Gasteiger partial charge >= 0.3 is 0 Å². The van der Waals surface area contributed by atoms with Crippen LogP contribution in [0.5, 0.6) is 11.5 Å². The van der Waals surface area contributed by atoms with Crippen molar-refractivity contribution in [2.45, 2.75) is 39.0 Å². The van der Waals surface area contributed by atoms with Gasteiger partial charge in [0, 0.05) is 53.3 Å². The summed E-state index contributed by atoms with van der Waals surface area (Å²) in [7, 11) is 0. The van der Waals surface area contributed by atoms with Gasteiger partial charge in [0.05, 0.1) is 25.5 Å². The summed E-state index contributed by atoms with van der Waals surface area (Å²) in [6, 6.07) is 14.6. The van der Waals surface area contributed by atoms with Crippen LogP contribution < -0.4 is 9.47 Å². The largest absolute Gasteiger partial charge is 0.487 e. The van der Waals surface area contributed by atoms with Crippen LogP contribution in [-0.4, -0.2) is 53.1 Å². The molecule has 4 aromatic rings. The molecule has 1 fully saturated rings. The van der Waals surface area contributed by atoms with Gasteiger partial charge in [-0.2, -0.15) is 5.10 Å². The van der Waals surface area contributed by atoms with Crippen molar-refractivity contribution in [3.8, 4) is 22.6 Å². The van der Waals surface area contributed by atoms with E-state index in [-0.39, 0.29) is 12.0 Å². The van der Waals surface area contributed by atoms with Crippen molar-refractivity contribution in [2.75, 3.05) is 26.4 Å². The van der Waals surface area contributed by atoms with Crippen molar-refractivity contribution in [1.82, 2.24) is 14.7 Å². The van der Waals surface area contributed by atoms with Crippen molar-refractivity contribution in [1.29, 1.82) is 0 Å². The van der Waals surface area contributed by atoms with Crippen molar-refractivity contribution in [3.63, 3.8) is 0 Å². The van der Waals surface area contributed by atoms with Crippen molar-refractivity contribution >= 4 is 27.3 Å². The molecule has 0 unspecified atom stereocenters. The molecular weight excluding hydrogens is 474 g/mol. The number of thiophene rings is 1. The van der Waals surface area contributed by atoms with Crippen LogP contribution in [0.1, 0.15) is 24.1 Å². The summed E-state index contributed by atoms with van der Waals surface area (Å²) >= 11 is 1.74. The Kier molecular flexibility index (Phi) is 6.37. The minimum atomic E-state index is 0.00526. The molecule has 186 valence electrons. The molecule has 1 atom stereocenters. The molecule has 2 aliphatic rings. The van der Waals surface area contributed by atoms with Gasteiger partial charge in [0.2, 0.25) is 5.91 Å². The Morgan fingerprint density at radius 1 is 1.22 bits per heavy atom. The lowest BCUT2D eigenvalue weighted by atomic mass is 10.0. The summed E-state index contributed by atoms with van der Waals surface area (Å²) in [5, 5.41) is 7.82. The maximum absolute atomic E-state index is 13.2. The van der Waals surface area contributed by atoms with Crippen LogP contribution in [0.15, 0.2) is 54.0 Å². The fourth-order valence-corrected chi connectivity index (χ4v) is 5.85. The van der Waals surface area contributed by atoms with Crippen LogP contribution in [0.3, 0.4) is 0 Å². The highest BCUT2D eigenvalue weighted by atomic mass is 32.1. The molecule has 1 amide bonds. The number of benzene rings is 2. The van der Waals surface area contributed by atoms with E-state index in [2.05, 4.69) is 46.9 Å². The average molecular weight is 504 g/mol. The molecule has 36 heavy (non-hydrogen) atoms. The molecule has 7 nitrogen and oxygen atoms in total. The van der Waals surface area contributed by atoms with Gasteiger partial charge in [-0.3, -0.25) is 9.48 Å². The molecular formula is C28H29N3O4S. The van der Waals surface area contributed by atoms with Gasteiger partial charge in [0.25, 0.3) is 0 Å². The number of ether oxygens (including phenoxy) is 3. The Labute approximate surface area is 214 Å². The number of aryl methyl sites for hydroxylation is 2.